The first kappa shape index (κ1) is 15.2. The van der Waals surface area contributed by atoms with E-state index in [1.165, 1.54) is 12.3 Å². The van der Waals surface area contributed by atoms with E-state index in [1.54, 1.807) is 47.9 Å². The van der Waals surface area contributed by atoms with Crippen molar-refractivity contribution >= 4 is 29.4 Å². The molecule has 0 aliphatic carbocycles. The zero-order chi connectivity index (χ0) is 16.4. The molecule has 0 unspecified atom stereocenters. The molecule has 0 aliphatic heterocycles. The van der Waals surface area contributed by atoms with Crippen molar-refractivity contribution in [2.45, 2.75) is 6.92 Å². The molecule has 0 spiro atoms. The third kappa shape index (κ3) is 3.07. The van der Waals surface area contributed by atoms with Crippen LogP contribution in [0.1, 0.15) is 21.7 Å². The SMILES string of the molecule is Cc1nc2ccc(Cl)cn2c1C(=O)N/N=C/c1ccccc1F. The van der Waals surface area contributed by atoms with Gasteiger partial charge in [0.15, 0.2) is 0 Å². The molecule has 2 heterocycles. The zero-order valence-electron chi connectivity index (χ0n) is 12.1. The van der Waals surface area contributed by atoms with E-state index in [9.17, 15) is 9.18 Å². The number of hydrazone groups is 1. The number of imidazole rings is 1. The fourth-order valence-electron chi connectivity index (χ4n) is 2.20. The Morgan fingerprint density at radius 2 is 2.13 bits per heavy atom. The van der Waals surface area contributed by atoms with Crippen LogP contribution >= 0.6 is 11.6 Å². The monoisotopic (exact) mass is 330 g/mol. The molecule has 23 heavy (non-hydrogen) atoms. The van der Waals surface area contributed by atoms with Crippen LogP contribution in [0, 0.1) is 12.7 Å². The Kier molecular flexibility index (Phi) is 4.08. The molecule has 7 heteroatoms. The number of nitrogens with one attached hydrogen (secondary N) is 1. The first-order chi connectivity index (χ1) is 11.1. The summed E-state index contributed by atoms with van der Waals surface area (Å²) in [5.41, 5.74) is 4.14. The van der Waals surface area contributed by atoms with Gasteiger partial charge in [0.25, 0.3) is 5.91 Å². The Labute approximate surface area is 136 Å². The first-order valence-electron chi connectivity index (χ1n) is 6.78. The molecular formula is C16H12ClFN4O. The van der Waals surface area contributed by atoms with Crippen LogP contribution in [0.4, 0.5) is 4.39 Å². The highest BCUT2D eigenvalue weighted by Gasteiger charge is 2.16. The predicted molar refractivity (Wildman–Crippen MR) is 86.4 cm³/mol. The molecule has 1 amide bonds. The predicted octanol–water partition coefficient (Wildman–Crippen LogP) is 3.20. The molecule has 3 aromatic rings. The highest BCUT2D eigenvalue weighted by molar-refractivity contribution is 6.30. The number of rotatable bonds is 3. The van der Waals surface area contributed by atoms with Crippen LogP contribution in [-0.4, -0.2) is 21.5 Å². The van der Waals surface area contributed by atoms with Gasteiger partial charge >= 0.3 is 0 Å². The molecule has 1 aromatic carbocycles. The van der Waals surface area contributed by atoms with Crippen LogP contribution in [0.3, 0.4) is 0 Å². The quantitative estimate of drug-likeness (QED) is 0.592. The van der Waals surface area contributed by atoms with Crippen molar-refractivity contribution in [3.8, 4) is 0 Å². The van der Waals surface area contributed by atoms with Gasteiger partial charge in [0.2, 0.25) is 0 Å². The van der Waals surface area contributed by atoms with Gasteiger partial charge in [-0.1, -0.05) is 29.8 Å². The lowest BCUT2D eigenvalue weighted by Gasteiger charge is -2.02. The Hall–Kier alpha value is -2.73. The molecule has 5 nitrogen and oxygen atoms in total. The van der Waals surface area contributed by atoms with Gasteiger partial charge in [0.1, 0.15) is 17.2 Å². The van der Waals surface area contributed by atoms with Gasteiger partial charge in [0, 0.05) is 11.8 Å². The zero-order valence-corrected chi connectivity index (χ0v) is 12.9. The summed E-state index contributed by atoms with van der Waals surface area (Å²) in [6, 6.07) is 9.56. The van der Waals surface area contributed by atoms with Gasteiger partial charge in [-0.05, 0) is 25.1 Å². The van der Waals surface area contributed by atoms with Gasteiger partial charge in [-0.25, -0.2) is 14.8 Å². The van der Waals surface area contributed by atoms with Crippen LogP contribution in [0.5, 0.6) is 0 Å². The second-order valence-electron chi connectivity index (χ2n) is 4.84. The number of aromatic nitrogens is 2. The molecule has 3 rings (SSSR count). The molecule has 0 atom stereocenters. The normalized spacial score (nSPS) is 11.3. The minimum Gasteiger partial charge on any atom is -0.294 e. The van der Waals surface area contributed by atoms with Crippen LogP contribution in [0.15, 0.2) is 47.7 Å². The van der Waals surface area contributed by atoms with E-state index in [0.29, 0.717) is 22.1 Å². The minimum atomic E-state index is -0.454. The summed E-state index contributed by atoms with van der Waals surface area (Å²) in [5, 5.41) is 4.28. The number of halogens is 2. The van der Waals surface area contributed by atoms with E-state index in [0.717, 1.165) is 0 Å². The topological polar surface area (TPSA) is 58.8 Å². The fourth-order valence-corrected chi connectivity index (χ4v) is 2.36. The fraction of sp³-hybridized carbons (Fsp3) is 0.0625. The molecule has 0 aliphatic rings. The third-order valence-corrected chi connectivity index (χ3v) is 3.47. The number of benzene rings is 1. The largest absolute Gasteiger partial charge is 0.294 e. The molecule has 116 valence electrons. The molecule has 0 radical (unpaired) electrons. The molecule has 1 N–H and O–H groups in total. The standard InChI is InChI=1S/C16H12ClFN4O/c1-10-15(22-9-12(17)6-7-14(22)20-10)16(23)21-19-8-11-4-2-3-5-13(11)18/h2-9H,1H3,(H,21,23)/b19-8+. The van der Waals surface area contributed by atoms with Gasteiger partial charge < -0.3 is 0 Å². The Morgan fingerprint density at radius 3 is 2.91 bits per heavy atom. The third-order valence-electron chi connectivity index (χ3n) is 3.25. The van der Waals surface area contributed by atoms with Gasteiger partial charge in [-0.15, -0.1) is 0 Å². The van der Waals surface area contributed by atoms with Gasteiger partial charge in [-0.2, -0.15) is 5.10 Å². The summed E-state index contributed by atoms with van der Waals surface area (Å²) in [7, 11) is 0. The lowest BCUT2D eigenvalue weighted by molar-refractivity contribution is 0.0948. The van der Waals surface area contributed by atoms with E-state index in [1.807, 2.05) is 0 Å². The Bertz CT molecular complexity index is 920. The molecule has 2 aromatic heterocycles. The first-order valence-corrected chi connectivity index (χ1v) is 7.16. The Balaban J connectivity index is 1.85. The molecule has 0 saturated carbocycles. The molecule has 0 fully saturated rings. The Morgan fingerprint density at radius 1 is 1.35 bits per heavy atom. The van der Waals surface area contributed by atoms with E-state index < -0.39 is 11.7 Å². The summed E-state index contributed by atoms with van der Waals surface area (Å²) in [4.78, 5) is 16.6. The van der Waals surface area contributed by atoms with Crippen LogP contribution in [0.2, 0.25) is 5.02 Å². The van der Waals surface area contributed by atoms with E-state index in [4.69, 9.17) is 11.6 Å². The number of amides is 1. The average molecular weight is 331 g/mol. The number of fused-ring (bicyclic) bond motifs is 1. The minimum absolute atomic E-state index is 0.283. The number of aryl methyl sites for hydroxylation is 1. The summed E-state index contributed by atoms with van der Waals surface area (Å²) in [6.45, 7) is 1.72. The van der Waals surface area contributed by atoms with Crippen molar-refractivity contribution in [2.24, 2.45) is 5.10 Å². The lowest BCUT2D eigenvalue weighted by atomic mass is 10.2. The smallest absolute Gasteiger partial charge is 0.290 e. The van der Waals surface area contributed by atoms with Crippen molar-refractivity contribution < 1.29 is 9.18 Å². The van der Waals surface area contributed by atoms with Gasteiger partial charge in [-0.3, -0.25) is 9.20 Å². The van der Waals surface area contributed by atoms with Crippen molar-refractivity contribution in [1.29, 1.82) is 0 Å². The van der Waals surface area contributed by atoms with Crippen molar-refractivity contribution in [3.63, 3.8) is 0 Å². The number of nitrogens with zero attached hydrogens (tertiary/aromatic N) is 3. The number of hydrogen-bond donors (Lipinski definition) is 1. The second kappa shape index (κ2) is 6.18. The van der Waals surface area contributed by atoms with Crippen molar-refractivity contribution in [3.05, 3.63) is 70.4 Å². The maximum atomic E-state index is 13.5. The van der Waals surface area contributed by atoms with Crippen molar-refractivity contribution in [2.75, 3.05) is 0 Å². The maximum Gasteiger partial charge on any atom is 0.290 e. The number of carbonyl (C=O) groups excluding carboxylic acids is 1. The van der Waals surface area contributed by atoms with Crippen LogP contribution < -0.4 is 5.43 Å². The maximum absolute atomic E-state index is 13.5. The van der Waals surface area contributed by atoms with Gasteiger partial charge in [0.05, 0.1) is 16.9 Å². The number of hydrogen-bond acceptors (Lipinski definition) is 3. The van der Waals surface area contributed by atoms with Crippen molar-refractivity contribution in [1.82, 2.24) is 14.8 Å². The number of carbonyl (C=O) groups is 1. The van der Waals surface area contributed by atoms with E-state index >= 15 is 0 Å². The second-order valence-corrected chi connectivity index (χ2v) is 5.28. The highest BCUT2D eigenvalue weighted by Crippen LogP contribution is 2.16. The summed E-state index contributed by atoms with van der Waals surface area (Å²) in [5.74, 6) is -0.867. The van der Waals surface area contributed by atoms with E-state index in [-0.39, 0.29) is 5.56 Å². The van der Waals surface area contributed by atoms with Crippen LogP contribution in [0.25, 0.3) is 5.65 Å². The molecule has 0 saturated heterocycles. The highest BCUT2D eigenvalue weighted by atomic mass is 35.5. The average Bonchev–Trinajstić information content (AvgIpc) is 2.84. The lowest BCUT2D eigenvalue weighted by Crippen LogP contribution is -2.20. The van der Waals surface area contributed by atoms with Crippen LogP contribution in [-0.2, 0) is 0 Å². The molecule has 0 bridgehead atoms. The summed E-state index contributed by atoms with van der Waals surface area (Å²) < 4.78 is 15.1. The summed E-state index contributed by atoms with van der Waals surface area (Å²) in [6.07, 6.45) is 2.85. The number of pyridine rings is 1. The van der Waals surface area contributed by atoms with E-state index in [2.05, 4.69) is 15.5 Å². The molecular weight excluding hydrogens is 319 g/mol. The summed E-state index contributed by atoms with van der Waals surface area (Å²) >= 11 is 5.95.